The molecule has 164 valence electrons. The summed E-state index contributed by atoms with van der Waals surface area (Å²) >= 11 is 5.94. The van der Waals surface area contributed by atoms with Crippen LogP contribution in [0, 0.1) is 5.82 Å². The van der Waals surface area contributed by atoms with Crippen LogP contribution in [-0.4, -0.2) is 22.4 Å². The van der Waals surface area contributed by atoms with Crippen molar-refractivity contribution >= 4 is 29.1 Å². The Bertz CT molecular complexity index is 1060. The summed E-state index contributed by atoms with van der Waals surface area (Å²) in [6, 6.07) is 11.0. The second kappa shape index (κ2) is 9.38. The molecule has 31 heavy (non-hydrogen) atoms. The molecule has 0 bridgehead atoms. The van der Waals surface area contributed by atoms with E-state index in [2.05, 4.69) is 25.3 Å². The van der Waals surface area contributed by atoms with Gasteiger partial charge in [-0.2, -0.15) is 4.98 Å². The molecular formula is C21H19ClF4N4O. The van der Waals surface area contributed by atoms with Gasteiger partial charge < -0.3 is 15.4 Å². The minimum atomic E-state index is -4.82. The maximum Gasteiger partial charge on any atom is 0.573 e. The zero-order valence-corrected chi connectivity index (χ0v) is 17.4. The van der Waals surface area contributed by atoms with Crippen LogP contribution in [0.25, 0.3) is 11.3 Å². The van der Waals surface area contributed by atoms with Crippen molar-refractivity contribution in [1.82, 2.24) is 9.97 Å². The third-order valence-electron chi connectivity index (χ3n) is 4.27. The Morgan fingerprint density at radius 3 is 2.58 bits per heavy atom. The summed E-state index contributed by atoms with van der Waals surface area (Å²) in [5, 5.41) is 6.29. The van der Waals surface area contributed by atoms with Gasteiger partial charge in [0, 0.05) is 22.7 Å². The minimum absolute atomic E-state index is 0.0332. The molecule has 0 fully saturated rings. The van der Waals surface area contributed by atoms with E-state index < -0.39 is 12.2 Å². The van der Waals surface area contributed by atoms with E-state index in [1.165, 1.54) is 42.5 Å². The maximum absolute atomic E-state index is 14.2. The normalized spacial score (nSPS) is 12.4. The third kappa shape index (κ3) is 6.45. The summed E-state index contributed by atoms with van der Waals surface area (Å²) in [6.45, 7) is 3.90. The molecule has 0 aliphatic rings. The zero-order valence-electron chi connectivity index (χ0n) is 16.6. The highest BCUT2D eigenvalue weighted by molar-refractivity contribution is 6.30. The molecule has 1 heterocycles. The van der Waals surface area contributed by atoms with E-state index in [1.54, 1.807) is 6.07 Å². The first-order chi connectivity index (χ1) is 14.6. The largest absolute Gasteiger partial charge is 0.573 e. The molecule has 0 aliphatic carbocycles. The first-order valence-corrected chi connectivity index (χ1v) is 9.74. The highest BCUT2D eigenvalue weighted by Gasteiger charge is 2.31. The van der Waals surface area contributed by atoms with Crippen molar-refractivity contribution < 1.29 is 22.3 Å². The monoisotopic (exact) mass is 454 g/mol. The van der Waals surface area contributed by atoms with Crippen molar-refractivity contribution in [3.63, 3.8) is 0 Å². The molecule has 0 saturated heterocycles. The summed E-state index contributed by atoms with van der Waals surface area (Å²) in [5.74, 6) is -0.449. The Kier molecular flexibility index (Phi) is 6.84. The number of alkyl halides is 3. The van der Waals surface area contributed by atoms with Gasteiger partial charge in [0.05, 0.1) is 11.4 Å². The number of ether oxygens (including phenoxy) is 1. The van der Waals surface area contributed by atoms with Gasteiger partial charge in [0.15, 0.2) is 0 Å². The molecule has 0 aliphatic heterocycles. The van der Waals surface area contributed by atoms with Crippen LogP contribution in [0.1, 0.15) is 20.3 Å². The van der Waals surface area contributed by atoms with E-state index in [0.717, 1.165) is 6.42 Å². The summed E-state index contributed by atoms with van der Waals surface area (Å²) in [4.78, 5) is 8.73. The average molecular weight is 455 g/mol. The highest BCUT2D eigenvalue weighted by atomic mass is 35.5. The van der Waals surface area contributed by atoms with Crippen molar-refractivity contribution in [2.24, 2.45) is 0 Å². The molecule has 0 unspecified atom stereocenters. The fraction of sp³-hybridized carbons (Fsp3) is 0.238. The van der Waals surface area contributed by atoms with E-state index in [4.69, 9.17) is 11.6 Å². The number of halogens is 5. The lowest BCUT2D eigenvalue weighted by Gasteiger charge is -2.15. The summed E-state index contributed by atoms with van der Waals surface area (Å²) in [7, 11) is 0. The third-order valence-corrected chi connectivity index (χ3v) is 4.50. The van der Waals surface area contributed by atoms with Crippen LogP contribution in [0.3, 0.4) is 0 Å². The van der Waals surface area contributed by atoms with Crippen LogP contribution >= 0.6 is 11.6 Å². The number of nitrogens with zero attached hydrogens (tertiary/aromatic N) is 2. The highest BCUT2D eigenvalue weighted by Crippen LogP contribution is 2.30. The second-order valence-corrected chi connectivity index (χ2v) is 7.18. The van der Waals surface area contributed by atoms with Crippen LogP contribution < -0.4 is 15.4 Å². The Morgan fingerprint density at radius 2 is 1.87 bits per heavy atom. The predicted octanol–water partition coefficient (Wildman–Crippen LogP) is 6.79. The predicted molar refractivity (Wildman–Crippen MR) is 112 cm³/mol. The smallest absolute Gasteiger partial charge is 0.406 e. The maximum atomic E-state index is 14.2. The number of aromatic nitrogens is 2. The first-order valence-electron chi connectivity index (χ1n) is 9.37. The van der Waals surface area contributed by atoms with Crippen molar-refractivity contribution in [3.05, 3.63) is 59.4 Å². The number of hydrogen-bond donors (Lipinski definition) is 2. The van der Waals surface area contributed by atoms with Crippen LogP contribution in [-0.2, 0) is 0 Å². The van der Waals surface area contributed by atoms with Gasteiger partial charge in [-0.05, 0) is 43.7 Å². The molecule has 10 heteroatoms. The number of benzene rings is 2. The SMILES string of the molecule is CC[C@@H](C)Nc1nc(Nc2cc(Cl)ccc2F)cc(-c2cccc(OC(F)(F)F)c2)n1. The Labute approximate surface area is 181 Å². The van der Waals surface area contributed by atoms with E-state index >= 15 is 0 Å². The molecule has 0 spiro atoms. The molecule has 0 amide bonds. The van der Waals surface area contributed by atoms with Crippen molar-refractivity contribution in [2.45, 2.75) is 32.7 Å². The van der Waals surface area contributed by atoms with E-state index in [-0.39, 0.29) is 29.2 Å². The Hall–Kier alpha value is -3.07. The van der Waals surface area contributed by atoms with Gasteiger partial charge in [-0.3, -0.25) is 0 Å². The minimum Gasteiger partial charge on any atom is -0.406 e. The number of rotatable bonds is 7. The van der Waals surface area contributed by atoms with Crippen molar-refractivity contribution in [1.29, 1.82) is 0 Å². The zero-order chi connectivity index (χ0) is 22.6. The fourth-order valence-corrected chi connectivity index (χ4v) is 2.80. The molecule has 3 rings (SSSR count). The molecular weight excluding hydrogens is 436 g/mol. The molecule has 2 N–H and O–H groups in total. The number of anilines is 3. The number of nitrogens with one attached hydrogen (secondary N) is 2. The summed E-state index contributed by atoms with van der Waals surface area (Å²) < 4.78 is 55.9. The average Bonchev–Trinajstić information content (AvgIpc) is 2.69. The molecule has 1 aromatic heterocycles. The van der Waals surface area contributed by atoms with E-state index in [0.29, 0.717) is 16.3 Å². The topological polar surface area (TPSA) is 59.1 Å². The quantitative estimate of drug-likeness (QED) is 0.385. The van der Waals surface area contributed by atoms with Gasteiger partial charge in [0.25, 0.3) is 0 Å². The van der Waals surface area contributed by atoms with E-state index in [1.807, 2.05) is 13.8 Å². The van der Waals surface area contributed by atoms with Crippen molar-refractivity contribution in [2.75, 3.05) is 10.6 Å². The fourth-order valence-electron chi connectivity index (χ4n) is 2.63. The second-order valence-electron chi connectivity index (χ2n) is 6.74. The molecule has 0 radical (unpaired) electrons. The van der Waals surface area contributed by atoms with E-state index in [9.17, 15) is 17.6 Å². The number of hydrogen-bond acceptors (Lipinski definition) is 5. The molecule has 0 saturated carbocycles. The lowest BCUT2D eigenvalue weighted by Crippen LogP contribution is -2.17. The van der Waals surface area contributed by atoms with Gasteiger partial charge in [-0.15, -0.1) is 13.2 Å². The van der Waals surface area contributed by atoms with Crippen LogP contribution in [0.15, 0.2) is 48.5 Å². The Balaban J connectivity index is 2.01. The summed E-state index contributed by atoms with van der Waals surface area (Å²) in [5.41, 5.74) is 0.783. The van der Waals surface area contributed by atoms with Gasteiger partial charge in [0.2, 0.25) is 5.95 Å². The molecule has 1 atom stereocenters. The standard InChI is InChI=1S/C21H19ClF4N4O/c1-3-12(2)27-20-29-17(13-5-4-6-15(9-13)31-21(24,25)26)11-19(30-20)28-18-10-14(22)7-8-16(18)23/h4-12H,3H2,1-2H3,(H2,27,28,29,30)/t12-/m1/s1. The molecule has 5 nitrogen and oxygen atoms in total. The first kappa shape index (κ1) is 22.6. The molecule has 2 aromatic carbocycles. The molecule has 3 aromatic rings. The lowest BCUT2D eigenvalue weighted by atomic mass is 10.1. The lowest BCUT2D eigenvalue weighted by molar-refractivity contribution is -0.274. The van der Waals surface area contributed by atoms with Crippen molar-refractivity contribution in [3.8, 4) is 17.0 Å². The summed E-state index contributed by atoms with van der Waals surface area (Å²) in [6.07, 6.45) is -4.03. The van der Waals surface area contributed by atoms with Crippen LogP contribution in [0.2, 0.25) is 5.02 Å². The van der Waals surface area contributed by atoms with Gasteiger partial charge in [-0.25, -0.2) is 9.37 Å². The Morgan fingerprint density at radius 1 is 1.10 bits per heavy atom. The van der Waals surface area contributed by atoms with Crippen LogP contribution in [0.4, 0.5) is 35.0 Å². The van der Waals surface area contributed by atoms with Crippen LogP contribution in [0.5, 0.6) is 5.75 Å². The van der Waals surface area contributed by atoms with Gasteiger partial charge in [0.1, 0.15) is 17.4 Å². The van der Waals surface area contributed by atoms with Gasteiger partial charge >= 0.3 is 6.36 Å². The van der Waals surface area contributed by atoms with Gasteiger partial charge in [-0.1, -0.05) is 30.7 Å².